The zero-order valence-corrected chi connectivity index (χ0v) is 14.6. The van der Waals surface area contributed by atoms with Gasteiger partial charge in [0.25, 0.3) is 10.0 Å². The lowest BCUT2D eigenvalue weighted by Gasteiger charge is -2.08. The lowest BCUT2D eigenvalue weighted by Crippen LogP contribution is -2.12. The summed E-state index contributed by atoms with van der Waals surface area (Å²) < 4.78 is 27.4. The Morgan fingerprint density at radius 3 is 2.40 bits per heavy atom. The Morgan fingerprint density at radius 1 is 0.920 bits per heavy atom. The summed E-state index contributed by atoms with van der Waals surface area (Å²) in [6.07, 6.45) is 0. The van der Waals surface area contributed by atoms with Gasteiger partial charge in [-0.25, -0.2) is 8.42 Å². The molecular formula is C19H12N2O2S2. The van der Waals surface area contributed by atoms with Crippen LogP contribution in [0.3, 0.4) is 0 Å². The Kier molecular flexibility index (Phi) is 4.85. The Hall–Kier alpha value is -3.06. The first kappa shape index (κ1) is 16.8. The highest BCUT2D eigenvalue weighted by molar-refractivity contribution is 7.92. The number of thiophene rings is 1. The molecule has 25 heavy (non-hydrogen) atoms. The summed E-state index contributed by atoms with van der Waals surface area (Å²) >= 11 is 1.55. The first-order valence-electron chi connectivity index (χ1n) is 7.25. The van der Waals surface area contributed by atoms with Gasteiger partial charge in [0, 0.05) is 5.56 Å². The van der Waals surface area contributed by atoms with E-state index in [9.17, 15) is 8.42 Å². The van der Waals surface area contributed by atoms with Gasteiger partial charge in [-0.1, -0.05) is 24.0 Å². The van der Waals surface area contributed by atoms with Crippen LogP contribution in [0.2, 0.25) is 0 Å². The molecule has 0 amide bonds. The molecule has 6 heteroatoms. The number of nitrogens with one attached hydrogen (secondary N) is 1. The van der Waals surface area contributed by atoms with Gasteiger partial charge in [-0.3, -0.25) is 4.72 Å². The molecule has 3 aromatic rings. The molecule has 0 aliphatic heterocycles. The summed E-state index contributed by atoms with van der Waals surface area (Å²) in [7, 11) is -3.72. The second-order valence-electron chi connectivity index (χ2n) is 5.05. The molecule has 1 heterocycles. The van der Waals surface area contributed by atoms with Gasteiger partial charge in [0.2, 0.25) is 0 Å². The van der Waals surface area contributed by atoms with Crippen molar-refractivity contribution in [2.24, 2.45) is 0 Å². The highest BCUT2D eigenvalue weighted by atomic mass is 32.2. The van der Waals surface area contributed by atoms with E-state index >= 15 is 0 Å². The van der Waals surface area contributed by atoms with E-state index in [1.165, 1.54) is 24.3 Å². The molecule has 0 fully saturated rings. The predicted molar refractivity (Wildman–Crippen MR) is 98.7 cm³/mol. The number of nitriles is 1. The summed E-state index contributed by atoms with van der Waals surface area (Å²) in [4.78, 5) is 1.05. The first-order chi connectivity index (χ1) is 12.1. The van der Waals surface area contributed by atoms with Gasteiger partial charge < -0.3 is 0 Å². The average molecular weight is 364 g/mol. The van der Waals surface area contributed by atoms with Crippen molar-refractivity contribution in [2.45, 2.75) is 4.90 Å². The van der Waals surface area contributed by atoms with Crippen molar-refractivity contribution in [1.29, 1.82) is 5.26 Å². The number of nitrogens with zero attached hydrogens (tertiary/aromatic N) is 1. The van der Waals surface area contributed by atoms with Crippen LogP contribution in [-0.4, -0.2) is 8.42 Å². The third kappa shape index (κ3) is 4.27. The second-order valence-corrected chi connectivity index (χ2v) is 7.68. The molecule has 0 spiro atoms. The minimum absolute atomic E-state index is 0.0987. The highest BCUT2D eigenvalue weighted by Gasteiger charge is 2.14. The SMILES string of the molecule is N#Cc1ccc(S(=O)(=O)Nc2cccc(C#Cc3cccs3)c2)cc1. The molecule has 0 bridgehead atoms. The smallest absolute Gasteiger partial charge is 0.261 e. The minimum Gasteiger partial charge on any atom is -0.280 e. The quantitative estimate of drug-likeness (QED) is 0.718. The minimum atomic E-state index is -3.72. The third-order valence-electron chi connectivity index (χ3n) is 3.26. The van der Waals surface area contributed by atoms with E-state index in [2.05, 4.69) is 16.6 Å². The summed E-state index contributed by atoms with van der Waals surface area (Å²) in [6, 6.07) is 18.5. The van der Waals surface area contributed by atoms with Crippen LogP contribution >= 0.6 is 11.3 Å². The molecule has 4 nitrogen and oxygen atoms in total. The van der Waals surface area contributed by atoms with Gasteiger partial charge in [-0.2, -0.15) is 5.26 Å². The number of benzene rings is 2. The van der Waals surface area contributed by atoms with Crippen molar-refractivity contribution in [2.75, 3.05) is 4.72 Å². The number of anilines is 1. The summed E-state index contributed by atoms with van der Waals surface area (Å²) in [5.74, 6) is 6.05. The van der Waals surface area contributed by atoms with Crippen LogP contribution < -0.4 is 4.72 Å². The van der Waals surface area contributed by atoms with Crippen LogP contribution in [0.1, 0.15) is 16.0 Å². The van der Waals surface area contributed by atoms with Gasteiger partial charge in [-0.15, -0.1) is 11.3 Å². The average Bonchev–Trinajstić information content (AvgIpc) is 3.13. The van der Waals surface area contributed by atoms with E-state index in [4.69, 9.17) is 5.26 Å². The van der Waals surface area contributed by atoms with Gasteiger partial charge in [0.05, 0.1) is 27.1 Å². The molecule has 3 rings (SSSR count). The van der Waals surface area contributed by atoms with Gasteiger partial charge in [0.15, 0.2) is 0 Å². The summed E-state index contributed by atoms with van der Waals surface area (Å²) in [5.41, 5.74) is 1.56. The van der Waals surface area contributed by atoms with E-state index in [0.717, 1.165) is 4.88 Å². The monoisotopic (exact) mass is 364 g/mol. The fraction of sp³-hybridized carbons (Fsp3) is 0. The van der Waals surface area contributed by atoms with E-state index in [1.54, 1.807) is 29.5 Å². The molecule has 1 N–H and O–H groups in total. The number of hydrogen-bond donors (Lipinski definition) is 1. The molecule has 0 atom stereocenters. The van der Waals surface area contributed by atoms with Crippen molar-refractivity contribution in [1.82, 2.24) is 0 Å². The molecule has 0 unspecified atom stereocenters. The lowest BCUT2D eigenvalue weighted by atomic mass is 10.2. The standard InChI is InChI=1S/C19H12N2O2S2/c20-14-16-7-10-19(11-8-16)25(22,23)21-17-4-1-3-15(13-17)6-9-18-5-2-12-24-18/h1-5,7-8,10-13,21H. The fourth-order valence-electron chi connectivity index (χ4n) is 2.07. The maximum absolute atomic E-state index is 12.4. The zero-order chi connectivity index (χ0) is 17.7. The Balaban J connectivity index is 1.82. The molecule has 0 radical (unpaired) electrons. The van der Waals surface area contributed by atoms with Gasteiger partial charge in [-0.05, 0) is 53.9 Å². The molecule has 1 aromatic heterocycles. The number of rotatable bonds is 3. The Labute approximate surface area is 150 Å². The molecule has 2 aromatic carbocycles. The van der Waals surface area contributed by atoms with E-state index in [1.807, 2.05) is 29.6 Å². The molecule has 0 aliphatic rings. The van der Waals surface area contributed by atoms with E-state index in [0.29, 0.717) is 16.8 Å². The first-order valence-corrected chi connectivity index (χ1v) is 9.62. The van der Waals surface area contributed by atoms with Crippen molar-refractivity contribution < 1.29 is 8.42 Å². The van der Waals surface area contributed by atoms with Crippen LogP contribution in [0.5, 0.6) is 0 Å². The molecule has 0 saturated heterocycles. The summed E-state index contributed by atoms with van der Waals surface area (Å²) in [5, 5.41) is 10.7. The lowest BCUT2D eigenvalue weighted by molar-refractivity contribution is 0.601. The van der Waals surface area contributed by atoms with Crippen LogP contribution in [0.4, 0.5) is 5.69 Å². The maximum atomic E-state index is 12.4. The van der Waals surface area contributed by atoms with E-state index in [-0.39, 0.29) is 4.90 Å². The topological polar surface area (TPSA) is 70.0 Å². The van der Waals surface area contributed by atoms with Crippen LogP contribution in [0, 0.1) is 23.2 Å². The van der Waals surface area contributed by atoms with Crippen LogP contribution in [0.15, 0.2) is 70.9 Å². The Morgan fingerprint density at radius 2 is 1.72 bits per heavy atom. The molecule has 122 valence electrons. The number of sulfonamides is 1. The normalized spacial score (nSPS) is 10.4. The molecular weight excluding hydrogens is 352 g/mol. The largest absolute Gasteiger partial charge is 0.280 e. The predicted octanol–water partition coefficient (Wildman–Crippen LogP) is 3.82. The van der Waals surface area contributed by atoms with Crippen molar-refractivity contribution in [3.05, 3.63) is 82.0 Å². The highest BCUT2D eigenvalue weighted by Crippen LogP contribution is 2.17. The van der Waals surface area contributed by atoms with Gasteiger partial charge in [0.1, 0.15) is 0 Å². The van der Waals surface area contributed by atoms with E-state index < -0.39 is 10.0 Å². The molecule has 0 saturated carbocycles. The third-order valence-corrected chi connectivity index (χ3v) is 5.44. The van der Waals surface area contributed by atoms with Gasteiger partial charge >= 0.3 is 0 Å². The maximum Gasteiger partial charge on any atom is 0.261 e. The fourth-order valence-corrected chi connectivity index (χ4v) is 3.69. The Bertz CT molecular complexity index is 1080. The van der Waals surface area contributed by atoms with Crippen LogP contribution in [0.25, 0.3) is 0 Å². The second kappa shape index (κ2) is 7.23. The van der Waals surface area contributed by atoms with Crippen molar-refractivity contribution >= 4 is 27.0 Å². The summed E-state index contributed by atoms with van der Waals surface area (Å²) in [6.45, 7) is 0. The molecule has 0 aliphatic carbocycles. The number of hydrogen-bond acceptors (Lipinski definition) is 4. The van der Waals surface area contributed by atoms with Crippen molar-refractivity contribution in [3.8, 4) is 17.9 Å². The van der Waals surface area contributed by atoms with Crippen molar-refractivity contribution in [3.63, 3.8) is 0 Å². The van der Waals surface area contributed by atoms with Crippen LogP contribution in [-0.2, 0) is 10.0 Å². The zero-order valence-electron chi connectivity index (χ0n) is 12.9.